The summed E-state index contributed by atoms with van der Waals surface area (Å²) in [6.45, 7) is 7.92. The number of hydrogen-bond acceptors (Lipinski definition) is 1. The second kappa shape index (κ2) is 5.34. The van der Waals surface area contributed by atoms with E-state index in [4.69, 9.17) is 17.3 Å². The van der Waals surface area contributed by atoms with E-state index in [1.165, 1.54) is 5.57 Å². The summed E-state index contributed by atoms with van der Waals surface area (Å²) in [6, 6.07) is 5.95. The first-order valence-electron chi connectivity index (χ1n) is 5.17. The molecule has 2 N–H and O–H groups in total. The molecule has 0 bridgehead atoms. The van der Waals surface area contributed by atoms with Crippen molar-refractivity contribution in [3.8, 4) is 0 Å². The molecule has 0 saturated heterocycles. The van der Waals surface area contributed by atoms with Crippen LogP contribution in [0.1, 0.15) is 36.9 Å². The van der Waals surface area contributed by atoms with Crippen LogP contribution in [-0.4, -0.2) is 0 Å². The van der Waals surface area contributed by atoms with Gasteiger partial charge in [-0.1, -0.05) is 29.3 Å². The Morgan fingerprint density at radius 1 is 1.53 bits per heavy atom. The highest BCUT2D eigenvalue weighted by Crippen LogP contribution is 2.25. The highest BCUT2D eigenvalue weighted by Gasteiger charge is 2.10. The summed E-state index contributed by atoms with van der Waals surface area (Å²) in [5.41, 5.74) is 9.52. The SMILES string of the molecule is C=C(C)CCC(N)c1cccc(Cl)c1C. The molecule has 0 aliphatic heterocycles. The monoisotopic (exact) mass is 223 g/mol. The first-order valence-corrected chi connectivity index (χ1v) is 5.55. The van der Waals surface area contributed by atoms with Crippen LogP contribution in [0.25, 0.3) is 0 Å². The largest absolute Gasteiger partial charge is 0.324 e. The predicted octanol–water partition coefficient (Wildman–Crippen LogP) is 4.00. The molecular weight excluding hydrogens is 206 g/mol. The van der Waals surface area contributed by atoms with Gasteiger partial charge in [-0.2, -0.15) is 0 Å². The van der Waals surface area contributed by atoms with Gasteiger partial charge in [0.1, 0.15) is 0 Å². The van der Waals surface area contributed by atoms with Gasteiger partial charge in [0.15, 0.2) is 0 Å². The molecule has 0 aliphatic rings. The summed E-state index contributed by atoms with van der Waals surface area (Å²) in [7, 11) is 0. The van der Waals surface area contributed by atoms with Gasteiger partial charge >= 0.3 is 0 Å². The van der Waals surface area contributed by atoms with Crippen LogP contribution in [0.15, 0.2) is 30.4 Å². The van der Waals surface area contributed by atoms with Gasteiger partial charge in [-0.3, -0.25) is 0 Å². The molecule has 0 amide bonds. The maximum absolute atomic E-state index is 6.11. The van der Waals surface area contributed by atoms with Gasteiger partial charge in [0.05, 0.1) is 0 Å². The van der Waals surface area contributed by atoms with Crippen LogP contribution in [0.4, 0.5) is 0 Å². The molecule has 0 saturated carbocycles. The molecule has 1 rings (SSSR count). The van der Waals surface area contributed by atoms with Crippen LogP contribution < -0.4 is 5.73 Å². The highest BCUT2D eigenvalue weighted by molar-refractivity contribution is 6.31. The number of benzene rings is 1. The molecule has 82 valence electrons. The third-order valence-electron chi connectivity index (χ3n) is 2.59. The molecule has 1 atom stereocenters. The Balaban J connectivity index is 2.77. The zero-order chi connectivity index (χ0) is 11.4. The van der Waals surface area contributed by atoms with E-state index in [2.05, 4.69) is 6.58 Å². The fraction of sp³-hybridized carbons (Fsp3) is 0.385. The lowest BCUT2D eigenvalue weighted by Crippen LogP contribution is -2.11. The molecule has 0 aromatic heterocycles. The van der Waals surface area contributed by atoms with Crippen LogP contribution in [0, 0.1) is 6.92 Å². The molecule has 0 aliphatic carbocycles. The van der Waals surface area contributed by atoms with Crippen molar-refractivity contribution >= 4 is 11.6 Å². The Hall–Kier alpha value is -0.790. The molecule has 1 unspecified atom stereocenters. The lowest BCUT2D eigenvalue weighted by Gasteiger charge is -2.15. The van der Waals surface area contributed by atoms with Gasteiger partial charge in [-0.05, 0) is 43.9 Å². The smallest absolute Gasteiger partial charge is 0.0438 e. The van der Waals surface area contributed by atoms with Gasteiger partial charge in [0.25, 0.3) is 0 Å². The minimum absolute atomic E-state index is 0.0559. The second-order valence-electron chi connectivity index (χ2n) is 4.06. The third kappa shape index (κ3) is 3.37. The van der Waals surface area contributed by atoms with Gasteiger partial charge in [-0.25, -0.2) is 0 Å². The average molecular weight is 224 g/mol. The van der Waals surface area contributed by atoms with Gasteiger partial charge < -0.3 is 5.73 Å². The molecule has 15 heavy (non-hydrogen) atoms. The fourth-order valence-electron chi connectivity index (χ4n) is 1.58. The van der Waals surface area contributed by atoms with Crippen molar-refractivity contribution in [3.05, 3.63) is 46.5 Å². The van der Waals surface area contributed by atoms with Crippen molar-refractivity contribution in [3.63, 3.8) is 0 Å². The normalized spacial score (nSPS) is 12.5. The summed E-state index contributed by atoms with van der Waals surface area (Å²) in [5, 5.41) is 0.790. The molecule has 0 radical (unpaired) electrons. The van der Waals surface area contributed by atoms with Crippen molar-refractivity contribution in [2.75, 3.05) is 0 Å². The van der Waals surface area contributed by atoms with Crippen LogP contribution >= 0.6 is 11.6 Å². The number of halogens is 1. The van der Waals surface area contributed by atoms with E-state index in [-0.39, 0.29) is 6.04 Å². The first kappa shape index (κ1) is 12.3. The Labute approximate surface area is 96.9 Å². The molecule has 1 aromatic carbocycles. The second-order valence-corrected chi connectivity index (χ2v) is 4.46. The number of hydrogen-bond donors (Lipinski definition) is 1. The van der Waals surface area contributed by atoms with Crippen molar-refractivity contribution in [1.29, 1.82) is 0 Å². The van der Waals surface area contributed by atoms with E-state index in [1.807, 2.05) is 32.0 Å². The van der Waals surface area contributed by atoms with E-state index in [0.29, 0.717) is 0 Å². The van der Waals surface area contributed by atoms with Crippen molar-refractivity contribution in [2.45, 2.75) is 32.7 Å². The summed E-state index contributed by atoms with van der Waals surface area (Å²) >= 11 is 6.05. The van der Waals surface area contributed by atoms with Crippen molar-refractivity contribution < 1.29 is 0 Å². The zero-order valence-corrected chi connectivity index (χ0v) is 10.1. The molecular formula is C13H18ClN. The van der Waals surface area contributed by atoms with Gasteiger partial charge in [-0.15, -0.1) is 6.58 Å². The Bertz CT molecular complexity index is 358. The van der Waals surface area contributed by atoms with E-state index in [1.54, 1.807) is 0 Å². The fourth-order valence-corrected chi connectivity index (χ4v) is 1.77. The maximum atomic E-state index is 6.11. The van der Waals surface area contributed by atoms with Crippen LogP contribution in [0.5, 0.6) is 0 Å². The Kier molecular flexibility index (Phi) is 4.37. The molecule has 0 heterocycles. The van der Waals surface area contributed by atoms with Crippen molar-refractivity contribution in [2.24, 2.45) is 5.73 Å². The minimum atomic E-state index is 0.0559. The lowest BCUT2D eigenvalue weighted by molar-refractivity contribution is 0.646. The van der Waals surface area contributed by atoms with Crippen molar-refractivity contribution in [1.82, 2.24) is 0 Å². The van der Waals surface area contributed by atoms with Gasteiger partial charge in [0, 0.05) is 11.1 Å². The maximum Gasteiger partial charge on any atom is 0.0438 e. The van der Waals surface area contributed by atoms with E-state index in [0.717, 1.165) is 29.0 Å². The summed E-state index contributed by atoms with van der Waals surface area (Å²) in [5.74, 6) is 0. The topological polar surface area (TPSA) is 26.0 Å². The van der Waals surface area contributed by atoms with Crippen LogP contribution in [0.3, 0.4) is 0 Å². The molecule has 1 nitrogen and oxygen atoms in total. The molecule has 1 aromatic rings. The zero-order valence-electron chi connectivity index (χ0n) is 9.39. The van der Waals surface area contributed by atoms with E-state index >= 15 is 0 Å². The number of allylic oxidation sites excluding steroid dienone is 1. The highest BCUT2D eigenvalue weighted by atomic mass is 35.5. The minimum Gasteiger partial charge on any atom is -0.324 e. The standard InChI is InChI=1S/C13H18ClN/c1-9(2)7-8-13(15)11-5-4-6-12(14)10(11)3/h4-6,13H,1,7-8,15H2,2-3H3. The summed E-state index contributed by atoms with van der Waals surface area (Å²) in [4.78, 5) is 0. The summed E-state index contributed by atoms with van der Waals surface area (Å²) in [6.07, 6.45) is 1.89. The number of rotatable bonds is 4. The summed E-state index contributed by atoms with van der Waals surface area (Å²) < 4.78 is 0. The first-order chi connectivity index (χ1) is 7.02. The predicted molar refractivity (Wildman–Crippen MR) is 67.2 cm³/mol. The Morgan fingerprint density at radius 2 is 2.20 bits per heavy atom. The van der Waals surface area contributed by atoms with E-state index < -0.39 is 0 Å². The van der Waals surface area contributed by atoms with E-state index in [9.17, 15) is 0 Å². The Morgan fingerprint density at radius 3 is 2.80 bits per heavy atom. The third-order valence-corrected chi connectivity index (χ3v) is 3.00. The van der Waals surface area contributed by atoms with Crippen LogP contribution in [-0.2, 0) is 0 Å². The molecule has 0 fully saturated rings. The average Bonchev–Trinajstić information content (AvgIpc) is 2.18. The van der Waals surface area contributed by atoms with Gasteiger partial charge in [0.2, 0.25) is 0 Å². The molecule has 0 spiro atoms. The quantitative estimate of drug-likeness (QED) is 0.768. The van der Waals surface area contributed by atoms with Crippen LogP contribution in [0.2, 0.25) is 5.02 Å². The molecule has 2 heteroatoms. The lowest BCUT2D eigenvalue weighted by atomic mass is 9.97. The number of nitrogens with two attached hydrogens (primary N) is 1.